The summed E-state index contributed by atoms with van der Waals surface area (Å²) in [4.78, 5) is 5.72. The highest BCUT2D eigenvalue weighted by molar-refractivity contribution is 7.15. The highest BCUT2D eigenvalue weighted by atomic mass is 32.1. The van der Waals surface area contributed by atoms with E-state index in [2.05, 4.69) is 53.2 Å². The summed E-state index contributed by atoms with van der Waals surface area (Å²) in [5.74, 6) is 0. The molecule has 2 aromatic heterocycles. The number of aromatic nitrogens is 2. The van der Waals surface area contributed by atoms with Gasteiger partial charge in [0.05, 0.1) is 11.3 Å². The van der Waals surface area contributed by atoms with E-state index in [1.165, 1.54) is 0 Å². The van der Waals surface area contributed by atoms with Gasteiger partial charge in [0.2, 0.25) is 0 Å². The van der Waals surface area contributed by atoms with Crippen molar-refractivity contribution in [3.63, 3.8) is 0 Å². The van der Waals surface area contributed by atoms with Crippen molar-refractivity contribution in [1.82, 2.24) is 14.7 Å². The smallest absolute Gasteiger partial charge is 0.193 e. The first-order valence-electron chi connectivity index (χ1n) is 6.73. The van der Waals surface area contributed by atoms with E-state index in [-0.39, 0.29) is 5.60 Å². The number of nitrogens with one attached hydrogen (secondary N) is 1. The van der Waals surface area contributed by atoms with Crippen molar-refractivity contribution in [3.05, 3.63) is 23.5 Å². The van der Waals surface area contributed by atoms with Gasteiger partial charge in [0, 0.05) is 37.3 Å². The maximum absolute atomic E-state index is 5.53. The van der Waals surface area contributed by atoms with E-state index in [4.69, 9.17) is 4.74 Å². The second-order valence-corrected chi connectivity index (χ2v) is 6.32. The van der Waals surface area contributed by atoms with Gasteiger partial charge in [-0.1, -0.05) is 6.92 Å². The third-order valence-corrected chi connectivity index (χ3v) is 4.15. The number of rotatable bonds is 7. The fraction of sp³-hybridized carbons (Fsp3) is 0.643. The van der Waals surface area contributed by atoms with Gasteiger partial charge in [-0.2, -0.15) is 0 Å². The molecular weight excluding hydrogens is 258 g/mol. The minimum atomic E-state index is -0.107. The lowest BCUT2D eigenvalue weighted by Gasteiger charge is -2.28. The van der Waals surface area contributed by atoms with Crippen LogP contribution < -0.4 is 5.32 Å². The van der Waals surface area contributed by atoms with E-state index in [0.717, 1.165) is 30.0 Å². The minimum absolute atomic E-state index is 0.107. The van der Waals surface area contributed by atoms with E-state index in [0.29, 0.717) is 6.04 Å². The fourth-order valence-electron chi connectivity index (χ4n) is 2.31. The maximum Gasteiger partial charge on any atom is 0.193 e. The Bertz CT molecular complexity index is 489. The van der Waals surface area contributed by atoms with E-state index in [1.807, 2.05) is 0 Å². The molecule has 0 amide bonds. The van der Waals surface area contributed by atoms with Crippen LogP contribution in [0.15, 0.2) is 17.8 Å². The SMILES string of the molecule is CCNC(Cc1cn2ccsc2n1)CC(C)(C)OC. The summed E-state index contributed by atoms with van der Waals surface area (Å²) in [5.41, 5.74) is 1.04. The lowest BCUT2D eigenvalue weighted by molar-refractivity contribution is 0.00720. The van der Waals surface area contributed by atoms with E-state index < -0.39 is 0 Å². The van der Waals surface area contributed by atoms with Gasteiger partial charge in [0.1, 0.15) is 0 Å². The van der Waals surface area contributed by atoms with Crippen molar-refractivity contribution >= 4 is 16.3 Å². The average molecular weight is 281 g/mol. The van der Waals surface area contributed by atoms with Crippen LogP contribution in [-0.2, 0) is 11.2 Å². The molecule has 4 nitrogen and oxygen atoms in total. The molecule has 2 rings (SSSR count). The van der Waals surface area contributed by atoms with Crippen molar-refractivity contribution < 1.29 is 4.74 Å². The van der Waals surface area contributed by atoms with Crippen LogP contribution in [0.3, 0.4) is 0 Å². The lowest BCUT2D eigenvalue weighted by Crippen LogP contribution is -2.39. The molecule has 2 aromatic rings. The molecule has 5 heteroatoms. The summed E-state index contributed by atoms with van der Waals surface area (Å²) >= 11 is 1.67. The summed E-state index contributed by atoms with van der Waals surface area (Å²) in [7, 11) is 1.77. The Hall–Kier alpha value is -0.910. The van der Waals surface area contributed by atoms with Crippen molar-refractivity contribution in [3.8, 4) is 0 Å². The van der Waals surface area contributed by atoms with Crippen molar-refractivity contribution in [2.75, 3.05) is 13.7 Å². The summed E-state index contributed by atoms with van der Waals surface area (Å²) in [6.07, 6.45) is 6.09. The summed E-state index contributed by atoms with van der Waals surface area (Å²) in [6.45, 7) is 7.36. The molecule has 0 aliphatic carbocycles. The molecule has 0 bridgehead atoms. The Balaban J connectivity index is 2.05. The fourth-order valence-corrected chi connectivity index (χ4v) is 3.03. The second-order valence-electron chi connectivity index (χ2n) is 5.45. The zero-order chi connectivity index (χ0) is 13.9. The van der Waals surface area contributed by atoms with Crippen molar-refractivity contribution in [1.29, 1.82) is 0 Å². The minimum Gasteiger partial charge on any atom is -0.379 e. The van der Waals surface area contributed by atoms with Crippen LogP contribution in [0.2, 0.25) is 0 Å². The van der Waals surface area contributed by atoms with Gasteiger partial charge in [-0.25, -0.2) is 4.98 Å². The molecule has 106 valence electrons. The number of likely N-dealkylation sites (N-methyl/N-ethyl adjacent to an activating group) is 1. The zero-order valence-electron chi connectivity index (χ0n) is 12.1. The Labute approximate surface area is 118 Å². The molecule has 1 unspecified atom stereocenters. The standard InChI is InChI=1S/C14H23N3OS/c1-5-15-11(9-14(2,3)18-4)8-12-10-17-6-7-19-13(17)16-12/h6-7,10-11,15H,5,8-9H2,1-4H3. The summed E-state index contributed by atoms with van der Waals surface area (Å²) in [6, 6.07) is 0.393. The molecule has 1 N–H and O–H groups in total. The first-order chi connectivity index (χ1) is 9.04. The van der Waals surface area contributed by atoms with Gasteiger partial charge < -0.3 is 10.1 Å². The first kappa shape index (κ1) is 14.5. The normalized spacial score (nSPS) is 14.1. The van der Waals surface area contributed by atoms with Crippen LogP contribution in [0.5, 0.6) is 0 Å². The Morgan fingerprint density at radius 3 is 2.95 bits per heavy atom. The molecule has 0 saturated heterocycles. The Kier molecular flexibility index (Phi) is 4.60. The predicted octanol–water partition coefficient (Wildman–Crippen LogP) is 2.73. The van der Waals surface area contributed by atoms with E-state index in [9.17, 15) is 0 Å². The van der Waals surface area contributed by atoms with Crippen LogP contribution in [0, 0.1) is 0 Å². The van der Waals surface area contributed by atoms with Crippen LogP contribution in [0.4, 0.5) is 0 Å². The zero-order valence-corrected chi connectivity index (χ0v) is 13.0. The molecular formula is C14H23N3OS. The second kappa shape index (κ2) is 6.03. The van der Waals surface area contributed by atoms with E-state index in [1.54, 1.807) is 18.4 Å². The van der Waals surface area contributed by atoms with Crippen LogP contribution in [0.1, 0.15) is 32.9 Å². The number of nitrogens with zero attached hydrogens (tertiary/aromatic N) is 2. The molecule has 0 aliphatic rings. The van der Waals surface area contributed by atoms with E-state index >= 15 is 0 Å². The largest absolute Gasteiger partial charge is 0.379 e. The van der Waals surface area contributed by atoms with Crippen LogP contribution >= 0.6 is 11.3 Å². The first-order valence-corrected chi connectivity index (χ1v) is 7.61. The Morgan fingerprint density at radius 1 is 1.53 bits per heavy atom. The molecule has 0 aromatic carbocycles. The molecule has 2 heterocycles. The maximum atomic E-state index is 5.53. The van der Waals surface area contributed by atoms with Crippen LogP contribution in [0.25, 0.3) is 4.96 Å². The quantitative estimate of drug-likeness (QED) is 0.848. The number of thiazole rings is 1. The van der Waals surface area contributed by atoms with Gasteiger partial charge in [0.15, 0.2) is 4.96 Å². The number of hydrogen-bond donors (Lipinski definition) is 1. The lowest BCUT2D eigenvalue weighted by atomic mass is 9.96. The molecule has 19 heavy (non-hydrogen) atoms. The monoisotopic (exact) mass is 281 g/mol. The summed E-state index contributed by atoms with van der Waals surface area (Å²) < 4.78 is 7.62. The molecule has 1 atom stereocenters. The molecule has 0 spiro atoms. The van der Waals surface area contributed by atoms with Gasteiger partial charge in [-0.3, -0.25) is 4.40 Å². The van der Waals surface area contributed by atoms with Crippen molar-refractivity contribution in [2.45, 2.75) is 45.3 Å². The highest BCUT2D eigenvalue weighted by Gasteiger charge is 2.23. The topological polar surface area (TPSA) is 38.6 Å². The molecule has 0 radical (unpaired) electrons. The number of hydrogen-bond acceptors (Lipinski definition) is 4. The van der Waals surface area contributed by atoms with Gasteiger partial charge in [0.25, 0.3) is 0 Å². The highest BCUT2D eigenvalue weighted by Crippen LogP contribution is 2.19. The van der Waals surface area contributed by atoms with Crippen molar-refractivity contribution in [2.24, 2.45) is 0 Å². The van der Waals surface area contributed by atoms with Gasteiger partial charge in [-0.15, -0.1) is 11.3 Å². The third kappa shape index (κ3) is 3.78. The Morgan fingerprint density at radius 2 is 2.32 bits per heavy atom. The third-order valence-electron chi connectivity index (χ3n) is 3.38. The number of fused-ring (bicyclic) bond motifs is 1. The van der Waals surface area contributed by atoms with Gasteiger partial charge >= 0.3 is 0 Å². The number of ether oxygens (including phenoxy) is 1. The van der Waals surface area contributed by atoms with Crippen LogP contribution in [-0.4, -0.2) is 34.7 Å². The summed E-state index contributed by atoms with van der Waals surface area (Å²) in [5, 5.41) is 5.59. The average Bonchev–Trinajstić information content (AvgIpc) is 2.89. The molecule has 0 saturated carbocycles. The number of methoxy groups -OCH3 is 1. The molecule has 0 aliphatic heterocycles. The van der Waals surface area contributed by atoms with Gasteiger partial charge in [-0.05, 0) is 26.8 Å². The molecule has 0 fully saturated rings. The number of imidazole rings is 1. The predicted molar refractivity (Wildman–Crippen MR) is 79.9 cm³/mol.